The first-order valence-corrected chi connectivity index (χ1v) is 8.97. The van der Waals surface area contributed by atoms with Crippen LogP contribution in [0.15, 0.2) is 82.4 Å². The Bertz CT molecular complexity index is 1120. The molecule has 0 saturated heterocycles. The van der Waals surface area contributed by atoms with Crippen LogP contribution >= 0.6 is 10.5 Å². The summed E-state index contributed by atoms with van der Waals surface area (Å²) in [5, 5.41) is 1.03. The van der Waals surface area contributed by atoms with E-state index in [1.807, 2.05) is 36.4 Å². The van der Waals surface area contributed by atoms with Crippen LogP contribution in [0.3, 0.4) is 0 Å². The maximum absolute atomic E-state index is 12.7. The molecule has 0 atom stereocenters. The van der Waals surface area contributed by atoms with Gasteiger partial charge in [-0.2, -0.15) is 0 Å². The van der Waals surface area contributed by atoms with Crippen LogP contribution < -0.4 is 10.9 Å². The Morgan fingerprint density at radius 1 is 0.625 bits per heavy atom. The minimum atomic E-state index is -0.467. The largest absolute Gasteiger partial charge is 0.285 e. The molecule has 1 heterocycles. The lowest BCUT2D eigenvalue weighted by Gasteiger charge is -1.98. The van der Waals surface area contributed by atoms with E-state index in [1.165, 1.54) is 5.56 Å². The van der Waals surface area contributed by atoms with Gasteiger partial charge in [-0.05, 0) is 43.3 Å². The van der Waals surface area contributed by atoms with Crippen molar-refractivity contribution in [3.63, 3.8) is 0 Å². The van der Waals surface area contributed by atoms with Crippen molar-refractivity contribution < 1.29 is 0 Å². The maximum atomic E-state index is 12.7. The lowest BCUT2D eigenvalue weighted by Crippen LogP contribution is -2.20. The summed E-state index contributed by atoms with van der Waals surface area (Å²) >= 11 is 0. The fourth-order valence-electron chi connectivity index (χ4n) is 2.96. The van der Waals surface area contributed by atoms with Crippen LogP contribution in [-0.2, 0) is 0 Å². The highest BCUT2D eigenvalue weighted by molar-refractivity contribution is 7.49. The molecule has 0 N–H and O–H groups in total. The van der Waals surface area contributed by atoms with Gasteiger partial charge >= 0.3 is 0 Å². The van der Waals surface area contributed by atoms with Crippen LogP contribution in [-0.4, -0.2) is 0 Å². The molecular weight excluding hydrogens is 316 g/mol. The molecule has 4 aromatic rings. The Morgan fingerprint density at radius 3 is 1.58 bits per heavy atom. The third-order valence-electron chi connectivity index (χ3n) is 4.17. The molecule has 3 heteroatoms. The van der Waals surface area contributed by atoms with E-state index in [4.69, 9.17) is 0 Å². The second kappa shape index (κ2) is 5.69. The average molecular weight is 331 g/mol. The molecule has 24 heavy (non-hydrogen) atoms. The van der Waals surface area contributed by atoms with E-state index in [0.29, 0.717) is 10.8 Å². The molecule has 0 aliphatic heterocycles. The molecule has 3 aromatic carbocycles. The van der Waals surface area contributed by atoms with Crippen LogP contribution in [0.5, 0.6) is 0 Å². The summed E-state index contributed by atoms with van der Waals surface area (Å²) in [6.45, 7) is 2.05. The van der Waals surface area contributed by atoms with Crippen LogP contribution in [0.2, 0.25) is 0 Å². The van der Waals surface area contributed by atoms with E-state index < -0.39 is 21.3 Å². The molecule has 0 saturated carbocycles. The summed E-state index contributed by atoms with van der Waals surface area (Å²) in [7, 11) is -0.467. The van der Waals surface area contributed by atoms with Crippen LogP contribution in [0.4, 0.5) is 0 Å². The van der Waals surface area contributed by atoms with Gasteiger partial charge in [0.15, 0.2) is 14.3 Å². The predicted molar refractivity (Wildman–Crippen MR) is 103 cm³/mol. The van der Waals surface area contributed by atoms with Gasteiger partial charge in [-0.3, -0.25) is 9.59 Å². The molecule has 2 nitrogen and oxygen atoms in total. The second-order valence-corrected chi connectivity index (χ2v) is 7.73. The van der Waals surface area contributed by atoms with Gasteiger partial charge in [-0.1, -0.05) is 42.0 Å². The highest BCUT2D eigenvalue weighted by atomic mass is 32.2. The standard InChI is InChI=1S/C21H15O2S/c1-14-10-12-15(13-11-14)24-18-8-4-2-6-16(18)20(22)21(23)17-7-3-5-9-19(17)24/h2-13H,1H3/q+1. The van der Waals surface area contributed by atoms with Crippen molar-refractivity contribution in [2.45, 2.75) is 6.92 Å². The van der Waals surface area contributed by atoms with E-state index in [-0.39, 0.29) is 0 Å². The van der Waals surface area contributed by atoms with Gasteiger partial charge in [0.2, 0.25) is 10.9 Å². The van der Waals surface area contributed by atoms with E-state index >= 15 is 0 Å². The molecule has 0 aliphatic carbocycles. The number of rotatable bonds is 1. The zero-order valence-corrected chi connectivity index (χ0v) is 14.0. The first kappa shape index (κ1) is 14.8. The normalized spacial score (nSPS) is 11.0. The second-order valence-electron chi connectivity index (χ2n) is 5.77. The smallest absolute Gasteiger partial charge is 0.239 e. The summed E-state index contributed by atoms with van der Waals surface area (Å²) in [4.78, 5) is 26.5. The van der Waals surface area contributed by atoms with Gasteiger partial charge in [0.1, 0.15) is 0 Å². The summed E-state index contributed by atoms with van der Waals surface area (Å²) in [6, 6.07) is 23.3. The summed E-state index contributed by atoms with van der Waals surface area (Å²) in [5.74, 6) is 0. The number of aryl methyl sites for hydroxylation is 1. The highest BCUT2D eigenvalue weighted by Gasteiger charge is 2.21. The molecule has 0 fully saturated rings. The van der Waals surface area contributed by atoms with Gasteiger partial charge < -0.3 is 0 Å². The molecule has 4 rings (SSSR count). The minimum Gasteiger partial charge on any atom is -0.285 e. The van der Waals surface area contributed by atoms with Gasteiger partial charge in [-0.25, -0.2) is 0 Å². The van der Waals surface area contributed by atoms with E-state index in [9.17, 15) is 9.59 Å². The van der Waals surface area contributed by atoms with Crippen molar-refractivity contribution in [3.05, 3.63) is 98.8 Å². The lowest BCUT2D eigenvalue weighted by atomic mass is 10.2. The molecule has 0 amide bonds. The van der Waals surface area contributed by atoms with Crippen molar-refractivity contribution in [2.75, 3.05) is 0 Å². The summed E-state index contributed by atoms with van der Waals surface area (Å²) in [5.41, 5.74) is 0.353. The Hall–Kier alpha value is -2.78. The first-order chi connectivity index (χ1) is 11.7. The summed E-state index contributed by atoms with van der Waals surface area (Å²) in [6.07, 6.45) is 0. The zero-order chi connectivity index (χ0) is 16.7. The Labute approximate surface area is 141 Å². The van der Waals surface area contributed by atoms with Crippen molar-refractivity contribution in [1.29, 1.82) is 0 Å². The molecule has 0 unspecified atom stereocenters. The lowest BCUT2D eigenvalue weighted by molar-refractivity contribution is 1.49. The maximum Gasteiger partial charge on any atom is 0.239 e. The monoisotopic (exact) mass is 331 g/mol. The molecule has 0 aliphatic rings. The fourth-order valence-corrected chi connectivity index (χ4v) is 5.30. The van der Waals surface area contributed by atoms with Crippen LogP contribution in [0.1, 0.15) is 5.56 Å². The first-order valence-electron chi connectivity index (χ1n) is 7.75. The quantitative estimate of drug-likeness (QED) is 0.372. The van der Waals surface area contributed by atoms with Gasteiger partial charge in [-0.15, -0.1) is 0 Å². The van der Waals surface area contributed by atoms with E-state index in [2.05, 4.69) is 31.2 Å². The van der Waals surface area contributed by atoms with Crippen molar-refractivity contribution >= 4 is 30.6 Å². The van der Waals surface area contributed by atoms with E-state index in [1.54, 1.807) is 12.1 Å². The van der Waals surface area contributed by atoms with Gasteiger partial charge in [0, 0.05) is 10.5 Å². The molecule has 116 valence electrons. The number of hydrogen-bond acceptors (Lipinski definition) is 2. The van der Waals surface area contributed by atoms with Crippen LogP contribution in [0.25, 0.3) is 25.1 Å². The SMILES string of the molecule is Cc1ccc(-[s+]2c3ccccc3c(=O)c(=O)c3ccccc32)cc1. The zero-order valence-electron chi connectivity index (χ0n) is 13.2. The number of benzene rings is 3. The fraction of sp³-hybridized carbons (Fsp3) is 0.0476. The molecule has 0 spiro atoms. The number of fused-ring (bicyclic) bond motifs is 2. The Kier molecular flexibility index (Phi) is 3.51. The molecule has 1 aromatic heterocycles. The van der Waals surface area contributed by atoms with Gasteiger partial charge in [0.05, 0.1) is 10.8 Å². The highest BCUT2D eigenvalue weighted by Crippen LogP contribution is 2.41. The van der Waals surface area contributed by atoms with Crippen molar-refractivity contribution in [1.82, 2.24) is 0 Å². The number of hydrogen-bond donors (Lipinski definition) is 0. The third kappa shape index (κ3) is 2.25. The van der Waals surface area contributed by atoms with Crippen molar-refractivity contribution in [3.8, 4) is 4.90 Å². The summed E-state index contributed by atoms with van der Waals surface area (Å²) < 4.78 is 1.84. The third-order valence-corrected chi connectivity index (χ3v) is 6.50. The topological polar surface area (TPSA) is 34.1 Å². The van der Waals surface area contributed by atoms with E-state index in [0.717, 1.165) is 14.3 Å². The van der Waals surface area contributed by atoms with Crippen LogP contribution in [0, 0.1) is 6.92 Å². The van der Waals surface area contributed by atoms with Gasteiger partial charge in [0.25, 0.3) is 0 Å². The molecule has 0 radical (unpaired) electrons. The minimum absolute atomic E-state index is 0.417. The van der Waals surface area contributed by atoms with Crippen molar-refractivity contribution in [2.24, 2.45) is 0 Å². The molecular formula is C21H15O2S+. The molecule has 0 bridgehead atoms. The average Bonchev–Trinajstić information content (AvgIpc) is 2.71. The Morgan fingerprint density at radius 2 is 1.08 bits per heavy atom. The Balaban J connectivity index is 2.36. The predicted octanol–water partition coefficient (Wildman–Crippen LogP) is 4.76.